The van der Waals surface area contributed by atoms with E-state index in [1.54, 1.807) is 16.9 Å². The molecule has 2 aromatic heterocycles. The summed E-state index contributed by atoms with van der Waals surface area (Å²) in [6.45, 7) is 0.526. The van der Waals surface area contributed by atoms with E-state index in [1.165, 1.54) is 14.2 Å². The summed E-state index contributed by atoms with van der Waals surface area (Å²) < 4.78 is 46.3. The van der Waals surface area contributed by atoms with Gasteiger partial charge in [-0.05, 0) is 43.0 Å². The molecule has 150 valence electrons. The first-order valence-electron chi connectivity index (χ1n) is 9.00. The lowest BCUT2D eigenvalue weighted by molar-refractivity contribution is 0.111. The maximum atomic E-state index is 12.9. The summed E-state index contributed by atoms with van der Waals surface area (Å²) in [5.74, 6) is 0.604. The molecule has 0 saturated heterocycles. The molecule has 3 aromatic rings. The highest BCUT2D eigenvalue weighted by Gasteiger charge is 2.38. The van der Waals surface area contributed by atoms with E-state index >= 15 is 0 Å². The monoisotopic (exact) mass is 406 g/mol. The molecule has 10 heteroatoms. The number of hydrogen-bond acceptors (Lipinski definition) is 7. The van der Waals surface area contributed by atoms with Gasteiger partial charge in [0.05, 0.1) is 19.8 Å². The van der Waals surface area contributed by atoms with Crippen LogP contribution in [0.25, 0.3) is 11.0 Å². The van der Waals surface area contributed by atoms with Crippen molar-refractivity contribution >= 4 is 26.8 Å². The number of aromatic nitrogens is 3. The first-order valence-corrected chi connectivity index (χ1v) is 10.5. The summed E-state index contributed by atoms with van der Waals surface area (Å²) in [6, 6.07) is 5.47. The summed E-state index contributed by atoms with van der Waals surface area (Å²) in [5.41, 5.74) is 1.34. The number of nitrogens with zero attached hydrogens (tertiary/aromatic N) is 3. The Labute approximate surface area is 162 Å². The highest BCUT2D eigenvalue weighted by atomic mass is 32.2. The molecule has 1 saturated carbocycles. The fourth-order valence-electron chi connectivity index (χ4n) is 3.72. The van der Waals surface area contributed by atoms with Gasteiger partial charge in [-0.1, -0.05) is 5.16 Å². The Morgan fingerprint density at radius 3 is 2.89 bits per heavy atom. The van der Waals surface area contributed by atoms with Crippen LogP contribution in [0.4, 0.5) is 5.82 Å². The molecule has 2 atom stereocenters. The minimum Gasteiger partial charge on any atom is -0.496 e. The normalized spacial score (nSPS) is 19.9. The van der Waals surface area contributed by atoms with Crippen molar-refractivity contribution in [1.29, 1.82) is 0 Å². The summed E-state index contributed by atoms with van der Waals surface area (Å²) >= 11 is 0. The average Bonchev–Trinajstić information content (AvgIpc) is 3.42. The second kappa shape index (κ2) is 7.44. The van der Waals surface area contributed by atoms with Gasteiger partial charge in [0.1, 0.15) is 16.4 Å². The Kier molecular flexibility index (Phi) is 4.98. The van der Waals surface area contributed by atoms with Gasteiger partial charge in [0.2, 0.25) is 10.0 Å². The molecular formula is C18H22N4O5S. The Hall–Kier alpha value is -2.59. The molecule has 0 unspecified atom stereocenters. The van der Waals surface area contributed by atoms with Crippen LogP contribution in [-0.2, 0) is 21.3 Å². The molecule has 0 spiro atoms. The SMILES string of the molecule is COc1cc(Cn2cccn2)cc2onc(NS(=O)(=O)[C@H]3CCC[C@H]3OC)c12. The summed E-state index contributed by atoms with van der Waals surface area (Å²) in [5, 5.41) is 8.00. The number of ether oxygens (including phenoxy) is 2. The van der Waals surface area contributed by atoms with Crippen LogP contribution in [0.1, 0.15) is 24.8 Å². The highest BCUT2D eigenvalue weighted by Crippen LogP contribution is 2.36. The maximum absolute atomic E-state index is 12.9. The zero-order chi connectivity index (χ0) is 19.7. The minimum absolute atomic E-state index is 0.124. The lowest BCUT2D eigenvalue weighted by Crippen LogP contribution is -2.35. The lowest BCUT2D eigenvalue weighted by atomic mass is 10.1. The Bertz CT molecular complexity index is 1060. The second-order valence-electron chi connectivity index (χ2n) is 6.80. The highest BCUT2D eigenvalue weighted by molar-refractivity contribution is 7.93. The predicted molar refractivity (Wildman–Crippen MR) is 103 cm³/mol. The molecule has 1 N–H and O–H groups in total. The molecule has 28 heavy (non-hydrogen) atoms. The van der Waals surface area contributed by atoms with Crippen LogP contribution in [-0.4, -0.2) is 48.9 Å². The standard InChI is InChI=1S/C18H22N4O5S/c1-25-13-5-3-6-16(13)28(23,24)21-18-17-14(26-2)9-12(10-15(17)27-20-18)11-22-8-4-7-19-22/h4,7-10,13,16H,3,5-6,11H2,1-2H3,(H,20,21)/t13-,16+/m1/s1. The van der Waals surface area contributed by atoms with Gasteiger partial charge in [0.15, 0.2) is 11.4 Å². The Balaban J connectivity index is 1.66. The van der Waals surface area contributed by atoms with Crippen LogP contribution in [0.15, 0.2) is 35.1 Å². The fourth-order valence-corrected chi connectivity index (χ4v) is 5.40. The van der Waals surface area contributed by atoms with Crippen molar-refractivity contribution in [1.82, 2.24) is 14.9 Å². The second-order valence-corrected chi connectivity index (χ2v) is 8.70. The third kappa shape index (κ3) is 3.45. The number of methoxy groups -OCH3 is 2. The van der Waals surface area contributed by atoms with Crippen LogP contribution in [0.3, 0.4) is 0 Å². The third-order valence-electron chi connectivity index (χ3n) is 5.05. The molecule has 0 amide bonds. The van der Waals surface area contributed by atoms with Crippen molar-refractivity contribution in [2.45, 2.75) is 37.2 Å². The van der Waals surface area contributed by atoms with Gasteiger partial charge in [-0.3, -0.25) is 9.40 Å². The van der Waals surface area contributed by atoms with E-state index in [1.807, 2.05) is 18.3 Å². The van der Waals surface area contributed by atoms with Crippen LogP contribution in [0, 0.1) is 0 Å². The summed E-state index contributed by atoms with van der Waals surface area (Å²) in [4.78, 5) is 0. The van der Waals surface area contributed by atoms with E-state index in [0.29, 0.717) is 29.7 Å². The van der Waals surface area contributed by atoms with Crippen molar-refractivity contribution in [3.05, 3.63) is 36.2 Å². The molecule has 9 nitrogen and oxygen atoms in total. The van der Waals surface area contributed by atoms with E-state index in [0.717, 1.165) is 18.4 Å². The van der Waals surface area contributed by atoms with E-state index < -0.39 is 15.3 Å². The zero-order valence-electron chi connectivity index (χ0n) is 15.7. The van der Waals surface area contributed by atoms with Gasteiger partial charge >= 0.3 is 0 Å². The van der Waals surface area contributed by atoms with Crippen molar-refractivity contribution in [3.8, 4) is 5.75 Å². The van der Waals surface area contributed by atoms with E-state index in [4.69, 9.17) is 14.0 Å². The molecule has 2 heterocycles. The van der Waals surface area contributed by atoms with Gasteiger partial charge in [-0.15, -0.1) is 0 Å². The van der Waals surface area contributed by atoms with Crippen LogP contribution >= 0.6 is 0 Å². The first kappa shape index (κ1) is 18.8. The van der Waals surface area contributed by atoms with Crippen molar-refractivity contribution in [2.75, 3.05) is 18.9 Å². The third-order valence-corrected chi connectivity index (χ3v) is 6.87. The number of benzene rings is 1. The van der Waals surface area contributed by atoms with Gasteiger partial charge in [0, 0.05) is 19.5 Å². The largest absolute Gasteiger partial charge is 0.496 e. The number of rotatable bonds is 7. The lowest BCUT2D eigenvalue weighted by Gasteiger charge is -2.18. The number of fused-ring (bicyclic) bond motifs is 1. The molecule has 1 aromatic carbocycles. The van der Waals surface area contributed by atoms with Crippen LogP contribution in [0.2, 0.25) is 0 Å². The smallest absolute Gasteiger partial charge is 0.239 e. The summed E-state index contributed by atoms with van der Waals surface area (Å²) in [7, 11) is -0.620. The number of hydrogen-bond donors (Lipinski definition) is 1. The zero-order valence-corrected chi connectivity index (χ0v) is 16.5. The Morgan fingerprint density at radius 1 is 1.32 bits per heavy atom. The van der Waals surface area contributed by atoms with Gasteiger partial charge in [-0.25, -0.2) is 8.42 Å². The Morgan fingerprint density at radius 2 is 2.18 bits per heavy atom. The summed E-state index contributed by atoms with van der Waals surface area (Å²) in [6.07, 6.45) is 5.32. The molecule has 1 aliphatic carbocycles. The maximum Gasteiger partial charge on any atom is 0.239 e. The minimum atomic E-state index is -3.68. The molecule has 0 aliphatic heterocycles. The van der Waals surface area contributed by atoms with E-state index in [9.17, 15) is 8.42 Å². The van der Waals surface area contributed by atoms with Crippen molar-refractivity contribution in [2.24, 2.45) is 0 Å². The van der Waals surface area contributed by atoms with Crippen LogP contribution < -0.4 is 9.46 Å². The van der Waals surface area contributed by atoms with Gasteiger partial charge in [-0.2, -0.15) is 5.10 Å². The quantitative estimate of drug-likeness (QED) is 0.642. The van der Waals surface area contributed by atoms with E-state index in [2.05, 4.69) is 15.0 Å². The molecule has 0 bridgehead atoms. The van der Waals surface area contributed by atoms with E-state index in [-0.39, 0.29) is 11.9 Å². The number of nitrogens with one attached hydrogen (secondary N) is 1. The average molecular weight is 406 g/mol. The number of anilines is 1. The molecule has 4 rings (SSSR count). The predicted octanol–water partition coefficient (Wildman–Crippen LogP) is 2.39. The van der Waals surface area contributed by atoms with Crippen molar-refractivity contribution < 1.29 is 22.4 Å². The first-order chi connectivity index (χ1) is 13.5. The van der Waals surface area contributed by atoms with Crippen LogP contribution in [0.5, 0.6) is 5.75 Å². The number of sulfonamides is 1. The topological polar surface area (TPSA) is 108 Å². The van der Waals surface area contributed by atoms with Crippen molar-refractivity contribution in [3.63, 3.8) is 0 Å². The van der Waals surface area contributed by atoms with Gasteiger partial charge < -0.3 is 14.0 Å². The molecular weight excluding hydrogens is 384 g/mol. The fraction of sp³-hybridized carbons (Fsp3) is 0.444. The molecule has 1 aliphatic rings. The molecule has 1 fully saturated rings. The van der Waals surface area contributed by atoms with Gasteiger partial charge in [0.25, 0.3) is 0 Å². The molecule has 0 radical (unpaired) electrons.